The van der Waals surface area contributed by atoms with E-state index in [4.69, 9.17) is 9.97 Å². The number of nitrogens with one attached hydrogen (secondary N) is 2. The van der Waals surface area contributed by atoms with Gasteiger partial charge in [-0.25, -0.2) is 19.9 Å². The molecule has 0 unspecified atom stereocenters. The minimum absolute atomic E-state index is 0.516. The van der Waals surface area contributed by atoms with Gasteiger partial charge >= 0.3 is 0 Å². The van der Waals surface area contributed by atoms with Crippen LogP contribution in [-0.4, -0.2) is 52.2 Å². The number of nitrogens with zero attached hydrogens (tertiary/aromatic N) is 5. The van der Waals surface area contributed by atoms with E-state index in [1.54, 1.807) is 11.3 Å². The van der Waals surface area contributed by atoms with E-state index < -0.39 is 0 Å². The van der Waals surface area contributed by atoms with Crippen molar-refractivity contribution in [2.45, 2.75) is 53.5 Å². The zero-order valence-corrected chi connectivity index (χ0v) is 22.7. The average molecular weight is 502 g/mol. The van der Waals surface area contributed by atoms with Crippen LogP contribution in [0.2, 0.25) is 0 Å². The fourth-order valence-corrected chi connectivity index (χ4v) is 6.45. The molecule has 8 heteroatoms. The number of hydrogen-bond donors (Lipinski definition) is 2. The lowest BCUT2D eigenvalue weighted by molar-refractivity contribution is 0.418. The van der Waals surface area contributed by atoms with Gasteiger partial charge in [-0.05, 0) is 70.2 Å². The maximum absolute atomic E-state index is 4.90. The summed E-state index contributed by atoms with van der Waals surface area (Å²) in [5.41, 5.74) is 7.52. The van der Waals surface area contributed by atoms with E-state index in [9.17, 15) is 0 Å². The van der Waals surface area contributed by atoms with Crippen molar-refractivity contribution >= 4 is 33.3 Å². The first-order valence-electron chi connectivity index (χ1n) is 12.8. The van der Waals surface area contributed by atoms with Gasteiger partial charge in [0.25, 0.3) is 0 Å². The molecule has 0 amide bonds. The molecule has 1 saturated heterocycles. The lowest BCUT2D eigenvalue weighted by atomic mass is 9.93. The smallest absolute Gasteiger partial charge is 0.225 e. The molecule has 1 aliphatic heterocycles. The number of rotatable bonds is 7. The van der Waals surface area contributed by atoms with Crippen LogP contribution < -0.4 is 15.5 Å². The summed E-state index contributed by atoms with van der Waals surface area (Å²) in [6.07, 6.45) is 5.81. The van der Waals surface area contributed by atoms with Crippen LogP contribution in [0.3, 0.4) is 0 Å². The van der Waals surface area contributed by atoms with Crippen LogP contribution in [0.5, 0.6) is 0 Å². The molecule has 0 spiro atoms. The number of aryl methyl sites for hydroxylation is 5. The van der Waals surface area contributed by atoms with Crippen molar-refractivity contribution in [3.63, 3.8) is 0 Å². The Hall–Kier alpha value is -3.10. The summed E-state index contributed by atoms with van der Waals surface area (Å²) in [5, 5.41) is 7.32. The summed E-state index contributed by atoms with van der Waals surface area (Å²) in [6.45, 7) is 14.4. The Labute approximate surface area is 217 Å². The van der Waals surface area contributed by atoms with Gasteiger partial charge in [0, 0.05) is 55.1 Å². The first-order valence-corrected chi connectivity index (χ1v) is 13.6. The lowest BCUT2D eigenvalue weighted by Crippen LogP contribution is -2.44. The zero-order valence-electron chi connectivity index (χ0n) is 21.9. The number of anilines is 2. The standard InChI is InChI=1S/C28H35N7S/c1-17-15-18(2)23(19(3)16-17)24-20(4)36-26-25(24)33-21(5)34-27(26)30-12-11-29-22-7-13-35(14-8-22)28-31-9-6-10-32-28/h6,9-10,15-16,22,29H,7-8,11-14H2,1-5H3,(H,30,33,34). The Morgan fingerprint density at radius 3 is 2.31 bits per heavy atom. The SMILES string of the molecule is Cc1cc(C)c(-c2c(C)sc3c(NCCNC4CCN(c5ncccn5)CC4)nc(C)nc23)c(C)c1. The molecule has 0 bridgehead atoms. The quantitative estimate of drug-likeness (QED) is 0.330. The van der Waals surface area contributed by atoms with Gasteiger partial charge in [0.15, 0.2) is 0 Å². The molecule has 188 valence electrons. The Morgan fingerprint density at radius 2 is 1.61 bits per heavy atom. The van der Waals surface area contributed by atoms with Gasteiger partial charge < -0.3 is 15.5 Å². The maximum atomic E-state index is 4.90. The van der Waals surface area contributed by atoms with Gasteiger partial charge in [0.1, 0.15) is 11.6 Å². The minimum atomic E-state index is 0.516. The van der Waals surface area contributed by atoms with E-state index in [2.05, 4.69) is 65.3 Å². The first-order chi connectivity index (χ1) is 17.4. The molecule has 3 aromatic heterocycles. The molecular weight excluding hydrogens is 466 g/mol. The topological polar surface area (TPSA) is 78.9 Å². The van der Waals surface area contributed by atoms with E-state index in [-0.39, 0.29) is 0 Å². The number of aromatic nitrogens is 4. The number of thiophene rings is 1. The van der Waals surface area contributed by atoms with Crippen LogP contribution in [0, 0.1) is 34.6 Å². The second kappa shape index (κ2) is 10.5. The summed E-state index contributed by atoms with van der Waals surface area (Å²) in [5.74, 6) is 2.58. The second-order valence-corrected chi connectivity index (χ2v) is 11.0. The monoisotopic (exact) mass is 501 g/mol. The Kier molecular flexibility index (Phi) is 7.16. The van der Waals surface area contributed by atoms with E-state index in [0.717, 1.165) is 66.8 Å². The van der Waals surface area contributed by atoms with Gasteiger partial charge in [-0.1, -0.05) is 17.7 Å². The molecule has 0 radical (unpaired) electrons. The Balaban J connectivity index is 1.25. The highest BCUT2D eigenvalue weighted by atomic mass is 32.1. The van der Waals surface area contributed by atoms with E-state index in [0.29, 0.717) is 6.04 Å². The average Bonchev–Trinajstić information content (AvgIpc) is 3.18. The van der Waals surface area contributed by atoms with Crippen molar-refractivity contribution in [1.29, 1.82) is 0 Å². The summed E-state index contributed by atoms with van der Waals surface area (Å²) >= 11 is 1.79. The van der Waals surface area contributed by atoms with E-state index >= 15 is 0 Å². The fourth-order valence-electron chi connectivity index (χ4n) is 5.38. The molecule has 1 aromatic carbocycles. The Morgan fingerprint density at radius 1 is 0.917 bits per heavy atom. The van der Waals surface area contributed by atoms with E-state index in [1.165, 1.54) is 32.7 Å². The molecule has 7 nitrogen and oxygen atoms in total. The van der Waals surface area contributed by atoms with Crippen molar-refractivity contribution in [3.8, 4) is 11.1 Å². The van der Waals surface area contributed by atoms with Crippen LogP contribution in [0.25, 0.3) is 21.3 Å². The van der Waals surface area contributed by atoms with Gasteiger partial charge in [-0.3, -0.25) is 0 Å². The molecule has 2 N–H and O–H groups in total. The summed E-state index contributed by atoms with van der Waals surface area (Å²) in [4.78, 5) is 22.0. The van der Waals surface area contributed by atoms with E-state index in [1.807, 2.05) is 25.4 Å². The van der Waals surface area contributed by atoms with Crippen LogP contribution in [0.4, 0.5) is 11.8 Å². The number of benzene rings is 1. The second-order valence-electron chi connectivity index (χ2n) is 9.80. The molecule has 0 saturated carbocycles. The highest BCUT2D eigenvalue weighted by Crippen LogP contribution is 2.42. The molecule has 0 aliphatic carbocycles. The van der Waals surface area contributed by atoms with Crippen molar-refractivity contribution < 1.29 is 0 Å². The molecule has 36 heavy (non-hydrogen) atoms. The highest BCUT2D eigenvalue weighted by molar-refractivity contribution is 7.20. The third-order valence-electron chi connectivity index (χ3n) is 6.93. The first kappa shape index (κ1) is 24.6. The zero-order chi connectivity index (χ0) is 25.2. The van der Waals surface area contributed by atoms with Crippen LogP contribution in [-0.2, 0) is 0 Å². The van der Waals surface area contributed by atoms with Crippen molar-refractivity contribution in [3.05, 3.63) is 58.0 Å². The normalized spacial score (nSPS) is 14.5. The summed E-state index contributed by atoms with van der Waals surface area (Å²) < 4.78 is 1.14. The molecule has 5 rings (SSSR count). The minimum Gasteiger partial charge on any atom is -0.367 e. The number of fused-ring (bicyclic) bond motifs is 1. The predicted molar refractivity (Wildman–Crippen MR) is 150 cm³/mol. The molecule has 4 aromatic rings. The fraction of sp³-hybridized carbons (Fsp3) is 0.429. The van der Waals surface area contributed by atoms with Crippen molar-refractivity contribution in [2.75, 3.05) is 36.4 Å². The molecule has 1 fully saturated rings. The largest absolute Gasteiger partial charge is 0.367 e. The predicted octanol–water partition coefficient (Wildman–Crippen LogP) is 5.36. The third-order valence-corrected chi connectivity index (χ3v) is 8.03. The van der Waals surface area contributed by atoms with Crippen LogP contribution in [0.1, 0.15) is 40.2 Å². The molecule has 4 heterocycles. The number of hydrogen-bond acceptors (Lipinski definition) is 8. The molecular formula is C28H35N7S. The maximum Gasteiger partial charge on any atom is 0.225 e. The van der Waals surface area contributed by atoms with Gasteiger partial charge in [-0.15, -0.1) is 11.3 Å². The summed E-state index contributed by atoms with van der Waals surface area (Å²) in [7, 11) is 0. The van der Waals surface area contributed by atoms with Gasteiger partial charge in [-0.2, -0.15) is 0 Å². The van der Waals surface area contributed by atoms with Crippen LogP contribution in [0.15, 0.2) is 30.6 Å². The third kappa shape index (κ3) is 5.06. The van der Waals surface area contributed by atoms with Crippen molar-refractivity contribution in [2.24, 2.45) is 0 Å². The molecule has 0 atom stereocenters. The molecule has 1 aliphatic rings. The highest BCUT2D eigenvalue weighted by Gasteiger charge is 2.21. The van der Waals surface area contributed by atoms with Crippen LogP contribution >= 0.6 is 11.3 Å². The Bertz CT molecular complexity index is 1330. The number of piperidine rings is 1. The summed E-state index contributed by atoms with van der Waals surface area (Å²) in [6, 6.07) is 6.91. The van der Waals surface area contributed by atoms with Gasteiger partial charge in [0.2, 0.25) is 5.95 Å². The van der Waals surface area contributed by atoms with Crippen molar-refractivity contribution in [1.82, 2.24) is 25.3 Å². The van der Waals surface area contributed by atoms with Gasteiger partial charge in [0.05, 0.1) is 10.2 Å². The lowest BCUT2D eigenvalue weighted by Gasteiger charge is -2.32.